The number of aliphatic hydroxyl groups is 1. The van der Waals surface area contributed by atoms with Crippen LogP contribution in [-0.2, 0) is 9.59 Å². The number of anilines is 1. The van der Waals surface area contributed by atoms with Crippen LogP contribution in [0.25, 0.3) is 5.76 Å². The summed E-state index contributed by atoms with van der Waals surface area (Å²) in [6, 6.07) is 8.22. The molecule has 0 bridgehead atoms. The molecule has 1 aromatic carbocycles. The minimum atomic E-state index is -0.815. The van der Waals surface area contributed by atoms with Crippen molar-refractivity contribution in [2.75, 3.05) is 4.90 Å². The summed E-state index contributed by atoms with van der Waals surface area (Å²) in [6.07, 6.45) is 3.16. The Morgan fingerprint density at radius 1 is 1.07 bits per heavy atom. The number of hydrogen-bond acceptors (Lipinski definition) is 7. The van der Waals surface area contributed by atoms with Crippen molar-refractivity contribution in [2.45, 2.75) is 26.8 Å². The highest BCUT2D eigenvalue weighted by Gasteiger charge is 2.48. The molecular weight excluding hydrogens is 388 g/mol. The van der Waals surface area contributed by atoms with Gasteiger partial charge in [0.25, 0.3) is 5.78 Å². The summed E-state index contributed by atoms with van der Waals surface area (Å²) in [6.45, 7) is 5.52. The van der Waals surface area contributed by atoms with Gasteiger partial charge in [-0.15, -0.1) is 10.2 Å². The fourth-order valence-electron chi connectivity index (χ4n) is 3.41. The molecule has 1 N–H and O–H groups in total. The molecule has 1 saturated heterocycles. The molecule has 146 valence electrons. The predicted octanol–water partition coefficient (Wildman–Crippen LogP) is 3.48. The Balaban J connectivity index is 1.97. The van der Waals surface area contributed by atoms with E-state index in [1.54, 1.807) is 37.5 Å². The molecular formula is C21H18N4O3S. The Morgan fingerprint density at radius 2 is 1.79 bits per heavy atom. The van der Waals surface area contributed by atoms with Crippen LogP contribution in [0.2, 0.25) is 0 Å². The standard InChI is InChI=1S/C21H18N4O3S/c1-11-4-5-12(2)15(10-11)18(26)16-17(14-6-8-22-9-7-14)25(20(28)19(16)27)21-24-23-13(3)29-21/h4-10,17,26H,1-3H3/b18-16+. The lowest BCUT2D eigenvalue weighted by Gasteiger charge is -2.22. The van der Waals surface area contributed by atoms with E-state index in [1.807, 2.05) is 26.0 Å². The second kappa shape index (κ2) is 7.21. The number of ketones is 1. The van der Waals surface area contributed by atoms with E-state index in [9.17, 15) is 14.7 Å². The average Bonchev–Trinajstić information content (AvgIpc) is 3.25. The molecule has 0 aliphatic carbocycles. The second-order valence-corrected chi connectivity index (χ2v) is 8.03. The molecule has 1 unspecified atom stereocenters. The number of benzene rings is 1. The van der Waals surface area contributed by atoms with Gasteiger partial charge in [0.05, 0.1) is 11.6 Å². The maximum Gasteiger partial charge on any atom is 0.301 e. The normalized spacial score (nSPS) is 18.4. The molecule has 3 aromatic rings. The first kappa shape index (κ1) is 18.9. The zero-order valence-electron chi connectivity index (χ0n) is 16.1. The first-order valence-corrected chi connectivity index (χ1v) is 9.79. The molecule has 1 fully saturated rings. The number of carbonyl (C=O) groups excluding carboxylic acids is 2. The molecule has 29 heavy (non-hydrogen) atoms. The lowest BCUT2D eigenvalue weighted by Crippen LogP contribution is -2.29. The molecule has 1 aliphatic rings. The second-order valence-electron chi connectivity index (χ2n) is 6.87. The molecule has 0 radical (unpaired) electrons. The first-order chi connectivity index (χ1) is 13.9. The number of Topliss-reactive ketones (excluding diaryl/α,β-unsaturated/α-hetero) is 1. The summed E-state index contributed by atoms with van der Waals surface area (Å²) < 4.78 is 0. The van der Waals surface area contributed by atoms with Crippen molar-refractivity contribution in [2.24, 2.45) is 0 Å². The van der Waals surface area contributed by atoms with Crippen molar-refractivity contribution in [1.82, 2.24) is 15.2 Å². The maximum absolute atomic E-state index is 13.0. The molecule has 7 nitrogen and oxygen atoms in total. The monoisotopic (exact) mass is 406 g/mol. The largest absolute Gasteiger partial charge is 0.507 e. The van der Waals surface area contributed by atoms with Crippen LogP contribution >= 0.6 is 11.3 Å². The zero-order valence-corrected chi connectivity index (χ0v) is 16.9. The van der Waals surface area contributed by atoms with Crippen molar-refractivity contribution in [3.05, 3.63) is 75.6 Å². The van der Waals surface area contributed by atoms with E-state index in [0.29, 0.717) is 21.3 Å². The van der Waals surface area contributed by atoms with Crippen LogP contribution in [0.1, 0.15) is 33.3 Å². The molecule has 1 aliphatic heterocycles. The van der Waals surface area contributed by atoms with Crippen LogP contribution in [0.3, 0.4) is 0 Å². The number of pyridine rings is 1. The summed E-state index contributed by atoms with van der Waals surface area (Å²) in [5.74, 6) is -1.69. The lowest BCUT2D eigenvalue weighted by atomic mass is 9.94. The van der Waals surface area contributed by atoms with Gasteiger partial charge in [0.1, 0.15) is 10.8 Å². The van der Waals surface area contributed by atoms with Crippen molar-refractivity contribution in [3.63, 3.8) is 0 Å². The zero-order chi connectivity index (χ0) is 20.7. The Bertz CT molecular complexity index is 1150. The minimum Gasteiger partial charge on any atom is -0.507 e. The number of aliphatic hydroxyl groups excluding tert-OH is 1. The van der Waals surface area contributed by atoms with Crippen molar-refractivity contribution in [1.29, 1.82) is 0 Å². The average molecular weight is 406 g/mol. The summed E-state index contributed by atoms with van der Waals surface area (Å²) in [5, 5.41) is 20.2. The SMILES string of the molecule is Cc1ccc(C)c(/C(O)=C2\C(=O)C(=O)N(c3nnc(C)s3)C2c2ccncc2)c1. The van der Waals surface area contributed by atoms with E-state index in [0.717, 1.165) is 11.1 Å². The first-order valence-electron chi connectivity index (χ1n) is 8.97. The quantitative estimate of drug-likeness (QED) is 0.406. The van der Waals surface area contributed by atoms with Crippen LogP contribution in [-0.4, -0.2) is 32.0 Å². The van der Waals surface area contributed by atoms with E-state index in [2.05, 4.69) is 15.2 Å². The summed E-state index contributed by atoms with van der Waals surface area (Å²) in [5.41, 5.74) is 2.95. The minimum absolute atomic E-state index is 0.0303. The van der Waals surface area contributed by atoms with Gasteiger partial charge in [-0.3, -0.25) is 19.5 Å². The Morgan fingerprint density at radius 3 is 2.45 bits per heavy atom. The van der Waals surface area contributed by atoms with Crippen LogP contribution in [0, 0.1) is 20.8 Å². The van der Waals surface area contributed by atoms with Gasteiger partial charge in [-0.25, -0.2) is 0 Å². The van der Waals surface area contributed by atoms with E-state index in [-0.39, 0.29) is 11.3 Å². The molecule has 3 heterocycles. The third-order valence-electron chi connectivity index (χ3n) is 4.84. The Kier molecular flexibility index (Phi) is 4.71. The fraction of sp³-hybridized carbons (Fsp3) is 0.190. The van der Waals surface area contributed by atoms with E-state index in [4.69, 9.17) is 0 Å². The number of rotatable bonds is 3. The highest BCUT2D eigenvalue weighted by atomic mass is 32.1. The van der Waals surface area contributed by atoms with Gasteiger partial charge in [0.15, 0.2) is 0 Å². The van der Waals surface area contributed by atoms with Crippen LogP contribution in [0.4, 0.5) is 5.13 Å². The number of aromatic nitrogens is 3. The summed E-state index contributed by atoms with van der Waals surface area (Å²) >= 11 is 1.22. The fourth-order valence-corrected chi connectivity index (χ4v) is 4.12. The smallest absolute Gasteiger partial charge is 0.301 e. The highest BCUT2D eigenvalue weighted by molar-refractivity contribution is 7.15. The number of amides is 1. The van der Waals surface area contributed by atoms with E-state index >= 15 is 0 Å². The third-order valence-corrected chi connectivity index (χ3v) is 5.67. The molecule has 1 atom stereocenters. The Labute approximate surface area is 171 Å². The van der Waals surface area contributed by atoms with Gasteiger partial charge >= 0.3 is 5.91 Å². The van der Waals surface area contributed by atoms with Crippen molar-refractivity contribution < 1.29 is 14.7 Å². The van der Waals surface area contributed by atoms with Crippen LogP contribution in [0.15, 0.2) is 48.3 Å². The molecule has 4 rings (SSSR count). The molecule has 0 spiro atoms. The Hall–Kier alpha value is -3.39. The van der Waals surface area contributed by atoms with Crippen LogP contribution in [0.5, 0.6) is 0 Å². The van der Waals surface area contributed by atoms with Gasteiger partial charge in [-0.1, -0.05) is 29.0 Å². The van der Waals surface area contributed by atoms with Crippen molar-refractivity contribution >= 4 is 33.9 Å². The van der Waals surface area contributed by atoms with Crippen molar-refractivity contribution in [3.8, 4) is 0 Å². The molecule has 1 amide bonds. The van der Waals surface area contributed by atoms with E-state index < -0.39 is 17.7 Å². The maximum atomic E-state index is 13.0. The summed E-state index contributed by atoms with van der Waals surface area (Å²) in [7, 11) is 0. The number of carbonyl (C=O) groups is 2. The highest BCUT2D eigenvalue weighted by Crippen LogP contribution is 2.43. The third kappa shape index (κ3) is 3.21. The van der Waals surface area contributed by atoms with Crippen LogP contribution < -0.4 is 4.90 Å². The summed E-state index contributed by atoms with van der Waals surface area (Å²) in [4.78, 5) is 31.3. The van der Waals surface area contributed by atoms with E-state index in [1.165, 1.54) is 16.2 Å². The number of aryl methyl sites for hydroxylation is 3. The van der Waals surface area contributed by atoms with Gasteiger partial charge in [0.2, 0.25) is 5.13 Å². The van der Waals surface area contributed by atoms with Gasteiger partial charge in [0, 0.05) is 18.0 Å². The lowest BCUT2D eigenvalue weighted by molar-refractivity contribution is -0.132. The van der Waals surface area contributed by atoms with Gasteiger partial charge < -0.3 is 5.11 Å². The molecule has 2 aromatic heterocycles. The number of nitrogens with zero attached hydrogens (tertiary/aromatic N) is 4. The van der Waals surface area contributed by atoms with Gasteiger partial charge in [-0.05, 0) is 50.1 Å². The predicted molar refractivity (Wildman–Crippen MR) is 110 cm³/mol. The topological polar surface area (TPSA) is 96.3 Å². The number of hydrogen-bond donors (Lipinski definition) is 1. The molecule has 0 saturated carbocycles. The molecule has 8 heteroatoms. The van der Waals surface area contributed by atoms with Gasteiger partial charge in [-0.2, -0.15) is 0 Å².